The standard InChI is InChI=1S/C21H32N6O3S.HI/c1-4-25(20-8-6-5-7-18(20)2)11-10-23-21(22-3)26-12-14-27(15-13-26)31(28,29)17-19-9-16-30-24-19;/h5-9,16H,4,10-15,17H2,1-3H3,(H,22,23);1H. The molecule has 11 heteroatoms. The molecule has 1 aliphatic rings. The number of piperazine rings is 1. The summed E-state index contributed by atoms with van der Waals surface area (Å²) in [5, 5.41) is 7.14. The molecule has 2 aromatic rings. The Kier molecular flexibility index (Phi) is 10.2. The van der Waals surface area contributed by atoms with Gasteiger partial charge in [0.2, 0.25) is 10.0 Å². The van der Waals surface area contributed by atoms with E-state index in [4.69, 9.17) is 4.52 Å². The zero-order valence-electron chi connectivity index (χ0n) is 18.9. The molecule has 0 saturated carbocycles. The number of hydrogen-bond donors (Lipinski definition) is 1. The summed E-state index contributed by atoms with van der Waals surface area (Å²) >= 11 is 0. The molecule has 1 saturated heterocycles. The van der Waals surface area contributed by atoms with E-state index in [1.807, 2.05) is 0 Å². The third-order valence-corrected chi connectivity index (χ3v) is 7.28. The van der Waals surface area contributed by atoms with E-state index in [-0.39, 0.29) is 29.7 Å². The Morgan fingerprint density at radius 1 is 1.22 bits per heavy atom. The van der Waals surface area contributed by atoms with Crippen molar-refractivity contribution in [3.05, 3.63) is 47.9 Å². The molecule has 0 radical (unpaired) electrons. The minimum atomic E-state index is -3.41. The van der Waals surface area contributed by atoms with Gasteiger partial charge in [-0.05, 0) is 25.5 Å². The van der Waals surface area contributed by atoms with Crippen molar-refractivity contribution in [2.75, 3.05) is 57.8 Å². The maximum absolute atomic E-state index is 12.6. The van der Waals surface area contributed by atoms with Crippen LogP contribution in [0.15, 0.2) is 46.1 Å². The molecule has 0 spiro atoms. The van der Waals surface area contributed by atoms with E-state index in [1.54, 1.807) is 13.1 Å². The Labute approximate surface area is 207 Å². The lowest BCUT2D eigenvalue weighted by Crippen LogP contribution is -2.54. The molecule has 0 aliphatic carbocycles. The Morgan fingerprint density at radius 3 is 2.53 bits per heavy atom. The van der Waals surface area contributed by atoms with E-state index >= 15 is 0 Å². The summed E-state index contributed by atoms with van der Waals surface area (Å²) in [7, 11) is -1.65. The topological polar surface area (TPSA) is 94.3 Å². The molecule has 1 fully saturated rings. The average Bonchev–Trinajstić information content (AvgIpc) is 3.27. The number of rotatable bonds is 8. The van der Waals surface area contributed by atoms with Gasteiger partial charge in [-0.3, -0.25) is 4.99 Å². The minimum absolute atomic E-state index is 0. The van der Waals surface area contributed by atoms with Crippen molar-refractivity contribution < 1.29 is 12.9 Å². The first-order valence-corrected chi connectivity index (χ1v) is 12.2. The lowest BCUT2D eigenvalue weighted by atomic mass is 10.2. The van der Waals surface area contributed by atoms with Gasteiger partial charge < -0.3 is 19.6 Å². The van der Waals surface area contributed by atoms with Gasteiger partial charge in [0, 0.05) is 64.6 Å². The Hall–Kier alpha value is -1.86. The second kappa shape index (κ2) is 12.4. The van der Waals surface area contributed by atoms with Gasteiger partial charge in [0.1, 0.15) is 12.0 Å². The largest absolute Gasteiger partial charge is 0.370 e. The van der Waals surface area contributed by atoms with Crippen molar-refractivity contribution in [3.63, 3.8) is 0 Å². The van der Waals surface area contributed by atoms with Crippen molar-refractivity contribution in [2.24, 2.45) is 4.99 Å². The molecular formula is C21H33IN6O3S. The monoisotopic (exact) mass is 576 g/mol. The van der Waals surface area contributed by atoms with Crippen LogP contribution < -0.4 is 10.2 Å². The fraction of sp³-hybridized carbons (Fsp3) is 0.524. The van der Waals surface area contributed by atoms with Gasteiger partial charge in [0.15, 0.2) is 5.96 Å². The predicted molar refractivity (Wildman–Crippen MR) is 138 cm³/mol. The number of aliphatic imine (C=N–C) groups is 1. The SMILES string of the molecule is CCN(CCNC(=NC)N1CCN(S(=O)(=O)Cc2ccon2)CC1)c1ccccc1C.I. The first-order chi connectivity index (χ1) is 14.9. The van der Waals surface area contributed by atoms with Crippen molar-refractivity contribution in [3.8, 4) is 0 Å². The molecule has 0 unspecified atom stereocenters. The Balaban J connectivity index is 0.00000363. The summed E-state index contributed by atoms with van der Waals surface area (Å²) in [6, 6.07) is 9.97. The molecule has 0 amide bonds. The van der Waals surface area contributed by atoms with Crippen molar-refractivity contribution >= 4 is 45.6 Å². The summed E-state index contributed by atoms with van der Waals surface area (Å²) < 4.78 is 31.5. The van der Waals surface area contributed by atoms with Crippen LogP contribution in [-0.2, 0) is 15.8 Å². The second-order valence-corrected chi connectivity index (χ2v) is 9.44. The summed E-state index contributed by atoms with van der Waals surface area (Å²) in [4.78, 5) is 8.84. The molecule has 1 aromatic carbocycles. The quantitative estimate of drug-likeness (QED) is 0.293. The third kappa shape index (κ3) is 6.82. The third-order valence-electron chi connectivity index (χ3n) is 5.47. The normalized spacial score (nSPS) is 15.3. The molecular weight excluding hydrogens is 543 g/mol. The first-order valence-electron chi connectivity index (χ1n) is 10.6. The number of benzene rings is 1. The van der Waals surface area contributed by atoms with Crippen LogP contribution in [0.1, 0.15) is 18.2 Å². The number of aromatic nitrogens is 1. The van der Waals surface area contributed by atoms with Crippen LogP contribution in [0.25, 0.3) is 0 Å². The number of guanidine groups is 1. The van der Waals surface area contributed by atoms with Crippen LogP contribution in [0.3, 0.4) is 0 Å². The summed E-state index contributed by atoms with van der Waals surface area (Å²) in [5.74, 6) is 0.664. The van der Waals surface area contributed by atoms with Crippen LogP contribution in [0.5, 0.6) is 0 Å². The molecule has 2 heterocycles. The maximum atomic E-state index is 12.6. The van der Waals surface area contributed by atoms with E-state index in [9.17, 15) is 8.42 Å². The van der Waals surface area contributed by atoms with E-state index in [0.29, 0.717) is 31.9 Å². The number of hydrogen-bond acceptors (Lipinski definition) is 6. The maximum Gasteiger partial charge on any atom is 0.220 e. The second-order valence-electron chi connectivity index (χ2n) is 7.47. The number of likely N-dealkylation sites (N-methyl/N-ethyl adjacent to an activating group) is 1. The molecule has 0 atom stereocenters. The van der Waals surface area contributed by atoms with Crippen molar-refractivity contribution in [1.29, 1.82) is 0 Å². The summed E-state index contributed by atoms with van der Waals surface area (Å²) in [6.45, 7) is 8.83. The Bertz CT molecular complexity index is 960. The number of nitrogens with one attached hydrogen (secondary N) is 1. The van der Waals surface area contributed by atoms with Gasteiger partial charge >= 0.3 is 0 Å². The molecule has 178 valence electrons. The molecule has 1 aromatic heterocycles. The van der Waals surface area contributed by atoms with Crippen LogP contribution in [0, 0.1) is 6.92 Å². The van der Waals surface area contributed by atoms with Gasteiger partial charge in [0.25, 0.3) is 0 Å². The van der Waals surface area contributed by atoms with E-state index < -0.39 is 10.0 Å². The number of anilines is 1. The molecule has 32 heavy (non-hydrogen) atoms. The summed E-state index contributed by atoms with van der Waals surface area (Å²) in [6.07, 6.45) is 1.39. The zero-order chi connectivity index (χ0) is 22.3. The Morgan fingerprint density at radius 2 is 1.94 bits per heavy atom. The highest BCUT2D eigenvalue weighted by Gasteiger charge is 2.29. The van der Waals surface area contributed by atoms with Gasteiger partial charge in [0.05, 0.1) is 5.69 Å². The fourth-order valence-corrected chi connectivity index (χ4v) is 5.20. The predicted octanol–water partition coefficient (Wildman–Crippen LogP) is 2.15. The zero-order valence-corrected chi connectivity index (χ0v) is 22.0. The lowest BCUT2D eigenvalue weighted by molar-refractivity contribution is 0.260. The molecule has 1 aliphatic heterocycles. The minimum Gasteiger partial charge on any atom is -0.370 e. The van der Waals surface area contributed by atoms with Gasteiger partial charge in [-0.2, -0.15) is 4.31 Å². The lowest BCUT2D eigenvalue weighted by Gasteiger charge is -2.36. The number of nitrogens with zero attached hydrogens (tertiary/aromatic N) is 5. The highest BCUT2D eigenvalue weighted by atomic mass is 127. The average molecular weight is 577 g/mol. The van der Waals surface area contributed by atoms with Crippen molar-refractivity contribution in [2.45, 2.75) is 19.6 Å². The van der Waals surface area contributed by atoms with Gasteiger partial charge in [-0.15, -0.1) is 24.0 Å². The molecule has 9 nitrogen and oxygen atoms in total. The molecule has 1 N–H and O–H groups in total. The van der Waals surface area contributed by atoms with Crippen LogP contribution in [0.4, 0.5) is 5.69 Å². The van der Waals surface area contributed by atoms with Gasteiger partial charge in [-0.25, -0.2) is 8.42 Å². The number of halogens is 1. The smallest absolute Gasteiger partial charge is 0.220 e. The van der Waals surface area contributed by atoms with Crippen LogP contribution >= 0.6 is 24.0 Å². The van der Waals surface area contributed by atoms with Crippen molar-refractivity contribution in [1.82, 2.24) is 19.7 Å². The van der Waals surface area contributed by atoms with E-state index in [1.165, 1.54) is 21.8 Å². The molecule has 0 bridgehead atoms. The fourth-order valence-electron chi connectivity index (χ4n) is 3.77. The molecule has 3 rings (SSSR count). The number of para-hydroxylation sites is 1. The van der Waals surface area contributed by atoms with Gasteiger partial charge in [-0.1, -0.05) is 23.4 Å². The highest BCUT2D eigenvalue weighted by Crippen LogP contribution is 2.18. The number of aryl methyl sites for hydroxylation is 1. The van der Waals surface area contributed by atoms with Crippen LogP contribution in [0.2, 0.25) is 0 Å². The summed E-state index contributed by atoms with van der Waals surface area (Å²) in [5.41, 5.74) is 2.93. The number of sulfonamides is 1. The highest BCUT2D eigenvalue weighted by molar-refractivity contribution is 14.0. The van der Waals surface area contributed by atoms with E-state index in [2.05, 4.69) is 63.4 Å². The van der Waals surface area contributed by atoms with Crippen LogP contribution in [-0.4, -0.2) is 81.6 Å². The van der Waals surface area contributed by atoms with E-state index in [0.717, 1.165) is 25.6 Å². The first kappa shape index (κ1) is 26.4.